The van der Waals surface area contributed by atoms with E-state index in [4.69, 9.17) is 18.9 Å². The molecule has 2 atom stereocenters. The van der Waals surface area contributed by atoms with Gasteiger partial charge in [0.25, 0.3) is 0 Å². The number of rotatable bonds is 3. The Morgan fingerprint density at radius 2 is 1.27 bits per heavy atom. The van der Waals surface area contributed by atoms with Crippen molar-refractivity contribution in [2.24, 2.45) is 0 Å². The number of fused-ring (bicyclic) bond motifs is 6. The highest BCUT2D eigenvalue weighted by molar-refractivity contribution is 5.76. The van der Waals surface area contributed by atoms with Crippen LogP contribution in [0.2, 0.25) is 0 Å². The summed E-state index contributed by atoms with van der Waals surface area (Å²) in [4.78, 5) is 4.70. The minimum absolute atomic E-state index is 0.0590. The second-order valence-corrected chi connectivity index (χ2v) is 12.4. The number of likely N-dealkylation sites (N-methyl/N-ethyl adjacent to an activating group) is 2. The monoisotopic (exact) mass is 608 g/mol. The molecule has 4 aromatic rings. The lowest BCUT2D eigenvalue weighted by molar-refractivity contribution is 0.220. The molecule has 2 N–H and O–H groups in total. The molecule has 0 fully saturated rings. The highest BCUT2D eigenvalue weighted by Crippen LogP contribution is 2.52. The molecule has 234 valence electrons. The Kier molecular flexibility index (Phi) is 7.50. The maximum Gasteiger partial charge on any atom is 0.204 e. The van der Waals surface area contributed by atoms with Gasteiger partial charge in [-0.1, -0.05) is 12.1 Å². The predicted octanol–water partition coefficient (Wildman–Crippen LogP) is 6.44. The van der Waals surface area contributed by atoms with Gasteiger partial charge in [-0.25, -0.2) is 0 Å². The Labute approximate surface area is 264 Å². The summed E-state index contributed by atoms with van der Waals surface area (Å²) < 4.78 is 24.8. The molecular weight excluding hydrogens is 568 g/mol. The van der Waals surface area contributed by atoms with Crippen molar-refractivity contribution in [2.45, 2.75) is 37.8 Å². The van der Waals surface area contributed by atoms with E-state index in [9.17, 15) is 10.2 Å². The second-order valence-electron chi connectivity index (χ2n) is 12.4. The highest BCUT2D eigenvalue weighted by Gasteiger charge is 2.35. The minimum Gasteiger partial charge on any atom is -0.507 e. The molecule has 0 aliphatic carbocycles. The lowest BCUT2D eigenvalue weighted by Crippen LogP contribution is -2.34. The smallest absolute Gasteiger partial charge is 0.204 e. The van der Waals surface area contributed by atoms with Crippen LogP contribution in [-0.4, -0.2) is 68.5 Å². The fourth-order valence-corrected chi connectivity index (χ4v) is 7.38. The van der Waals surface area contributed by atoms with Crippen LogP contribution in [0.3, 0.4) is 0 Å². The topological polar surface area (TPSA) is 83.9 Å². The molecule has 0 spiro atoms. The molecule has 45 heavy (non-hydrogen) atoms. The van der Waals surface area contributed by atoms with Gasteiger partial charge >= 0.3 is 0 Å². The number of hydrogen-bond donors (Lipinski definition) is 2. The average molecular weight is 609 g/mol. The first kappa shape index (κ1) is 29.3. The summed E-state index contributed by atoms with van der Waals surface area (Å²) in [7, 11) is 9.26. The lowest BCUT2D eigenvalue weighted by Gasteiger charge is -2.37. The van der Waals surface area contributed by atoms with Crippen LogP contribution in [0.15, 0.2) is 54.6 Å². The maximum atomic E-state index is 11.0. The van der Waals surface area contributed by atoms with Gasteiger partial charge in [0.05, 0.1) is 21.3 Å². The van der Waals surface area contributed by atoms with Gasteiger partial charge in [-0.3, -0.25) is 9.80 Å². The summed E-state index contributed by atoms with van der Waals surface area (Å²) in [5.41, 5.74) is 7.93. The average Bonchev–Trinajstić information content (AvgIpc) is 3.04. The fraction of sp³-hybridized carbons (Fsp3) is 0.351. The third-order valence-corrected chi connectivity index (χ3v) is 9.88. The van der Waals surface area contributed by atoms with Crippen LogP contribution in [0.25, 0.3) is 11.1 Å². The second kappa shape index (κ2) is 11.5. The Bertz CT molecular complexity index is 1790. The van der Waals surface area contributed by atoms with Gasteiger partial charge in [0, 0.05) is 41.9 Å². The molecule has 4 aromatic carbocycles. The third kappa shape index (κ3) is 5.02. The summed E-state index contributed by atoms with van der Waals surface area (Å²) >= 11 is 0. The molecule has 3 heterocycles. The van der Waals surface area contributed by atoms with Crippen LogP contribution < -0.4 is 18.9 Å². The SMILES string of the molecule is COc1cc2c3cc1Oc1c(OC)c(OC)cc4c1[C@H](Cc1ccc(O)c(c1)-c1cc(ccc1O)C[C@H]3N(C)CC2)N(C)CC4. The standard InChI is InChI=1S/C37H40N2O6/c1-38-12-10-23-18-32(42-3)33-20-25(23)28(38)16-21-6-8-30(40)26(14-21)27-15-22(7-9-31(27)41)17-29-35-24(11-13-39(29)2)19-34(43-4)36(44-5)37(35)45-33/h6-9,14-15,18-20,28-29,40-41H,10-13,16-17H2,1-5H3/t28-,29+/m1/s1. The molecule has 7 rings (SSSR count). The zero-order chi connectivity index (χ0) is 31.4. The quantitative estimate of drug-likeness (QED) is 0.275. The van der Waals surface area contributed by atoms with Crippen molar-refractivity contribution in [3.63, 3.8) is 0 Å². The van der Waals surface area contributed by atoms with Crippen molar-refractivity contribution < 1.29 is 29.2 Å². The van der Waals surface area contributed by atoms with E-state index in [0.717, 1.165) is 48.2 Å². The van der Waals surface area contributed by atoms with Crippen LogP contribution in [0, 0.1) is 0 Å². The van der Waals surface area contributed by atoms with Gasteiger partial charge in [0.15, 0.2) is 23.0 Å². The van der Waals surface area contributed by atoms with E-state index in [-0.39, 0.29) is 23.6 Å². The third-order valence-electron chi connectivity index (χ3n) is 9.88. The van der Waals surface area contributed by atoms with Gasteiger partial charge in [0.1, 0.15) is 11.5 Å². The van der Waals surface area contributed by atoms with Crippen molar-refractivity contribution in [1.29, 1.82) is 0 Å². The van der Waals surface area contributed by atoms with E-state index in [1.54, 1.807) is 33.5 Å². The molecule has 3 aliphatic heterocycles. The zero-order valence-electron chi connectivity index (χ0n) is 26.5. The summed E-state index contributed by atoms with van der Waals surface area (Å²) in [5, 5.41) is 22.1. The van der Waals surface area contributed by atoms with Crippen LogP contribution in [0.4, 0.5) is 0 Å². The Balaban J connectivity index is 1.52. The summed E-state index contributed by atoms with van der Waals surface area (Å²) in [5.74, 6) is 3.37. The number of methoxy groups -OCH3 is 3. The van der Waals surface area contributed by atoms with Gasteiger partial charge in [-0.05, 0) is 110 Å². The molecule has 0 saturated carbocycles. The first-order valence-electron chi connectivity index (χ1n) is 15.5. The maximum absolute atomic E-state index is 11.0. The predicted molar refractivity (Wildman–Crippen MR) is 173 cm³/mol. The summed E-state index contributed by atoms with van der Waals surface area (Å²) in [6.45, 7) is 1.76. The van der Waals surface area contributed by atoms with Crippen molar-refractivity contribution >= 4 is 0 Å². The number of phenols is 2. The van der Waals surface area contributed by atoms with E-state index >= 15 is 0 Å². The minimum atomic E-state index is -0.0590. The van der Waals surface area contributed by atoms with E-state index in [2.05, 4.69) is 42.1 Å². The Morgan fingerprint density at radius 1 is 0.689 bits per heavy atom. The number of benzene rings is 4. The molecule has 0 aromatic heterocycles. The number of hydrogen-bond acceptors (Lipinski definition) is 8. The fourth-order valence-electron chi connectivity index (χ4n) is 7.38. The number of phenolic OH excluding ortho intramolecular Hbond substituents is 2. The summed E-state index contributed by atoms with van der Waals surface area (Å²) in [6.07, 6.45) is 3.09. The van der Waals surface area contributed by atoms with Gasteiger partial charge < -0.3 is 29.2 Å². The van der Waals surface area contributed by atoms with E-state index in [0.29, 0.717) is 52.7 Å². The van der Waals surface area contributed by atoms with Crippen LogP contribution >= 0.6 is 0 Å². The van der Waals surface area contributed by atoms with E-state index < -0.39 is 0 Å². The van der Waals surface area contributed by atoms with Gasteiger partial charge in [-0.2, -0.15) is 0 Å². The molecule has 3 aliphatic rings. The zero-order valence-corrected chi connectivity index (χ0v) is 26.5. The Morgan fingerprint density at radius 3 is 1.89 bits per heavy atom. The molecule has 0 amide bonds. The highest BCUT2D eigenvalue weighted by atomic mass is 16.5. The molecule has 0 radical (unpaired) electrons. The van der Waals surface area contributed by atoms with Crippen LogP contribution in [0.1, 0.15) is 45.5 Å². The summed E-state index contributed by atoms with van der Waals surface area (Å²) in [6, 6.07) is 17.7. The largest absolute Gasteiger partial charge is 0.507 e. The molecule has 0 saturated heterocycles. The normalized spacial score (nSPS) is 19.3. The van der Waals surface area contributed by atoms with Crippen LogP contribution in [0.5, 0.6) is 40.2 Å². The van der Waals surface area contributed by atoms with Crippen molar-refractivity contribution in [3.8, 4) is 51.4 Å². The number of ether oxygens (including phenoxy) is 4. The molecular formula is C37H40N2O6. The van der Waals surface area contributed by atoms with Crippen molar-refractivity contribution in [3.05, 3.63) is 88.0 Å². The first-order valence-corrected chi connectivity index (χ1v) is 15.5. The van der Waals surface area contributed by atoms with Crippen LogP contribution in [-0.2, 0) is 25.7 Å². The number of aromatic hydroxyl groups is 2. The first-order chi connectivity index (χ1) is 21.8. The van der Waals surface area contributed by atoms with Crippen molar-refractivity contribution in [2.75, 3.05) is 48.5 Å². The van der Waals surface area contributed by atoms with Gasteiger partial charge in [0.2, 0.25) is 5.75 Å². The molecule has 0 unspecified atom stereocenters. The molecule has 6 bridgehead atoms. The molecule has 8 heteroatoms. The van der Waals surface area contributed by atoms with Gasteiger partial charge in [-0.15, -0.1) is 0 Å². The molecule has 8 nitrogen and oxygen atoms in total. The lowest BCUT2D eigenvalue weighted by atomic mass is 9.86. The number of nitrogens with zero attached hydrogens (tertiary/aromatic N) is 2. The van der Waals surface area contributed by atoms with E-state index in [1.807, 2.05) is 24.3 Å². The van der Waals surface area contributed by atoms with E-state index in [1.165, 1.54) is 11.1 Å². The Hall–Kier alpha value is -4.40. The van der Waals surface area contributed by atoms with Crippen molar-refractivity contribution in [1.82, 2.24) is 9.80 Å².